The summed E-state index contributed by atoms with van der Waals surface area (Å²) < 4.78 is 0. The van der Waals surface area contributed by atoms with E-state index in [4.69, 9.17) is 0 Å². The molecule has 0 saturated carbocycles. The van der Waals surface area contributed by atoms with E-state index >= 15 is 0 Å². The second-order valence-electron chi connectivity index (χ2n) is 2.98. The van der Waals surface area contributed by atoms with Crippen LogP contribution in [0.15, 0.2) is 11.6 Å². The maximum Gasteiger partial charge on any atom is 0.0222 e. The predicted molar refractivity (Wildman–Crippen MR) is 47.0 cm³/mol. The van der Waals surface area contributed by atoms with Gasteiger partial charge in [0.15, 0.2) is 0 Å². The summed E-state index contributed by atoms with van der Waals surface area (Å²) >= 11 is 4.39. The van der Waals surface area contributed by atoms with Gasteiger partial charge < -0.3 is 0 Å². The van der Waals surface area contributed by atoms with E-state index < -0.39 is 0 Å². The van der Waals surface area contributed by atoms with Crippen molar-refractivity contribution in [3.63, 3.8) is 0 Å². The zero-order valence-corrected chi connectivity index (χ0v) is 7.57. The summed E-state index contributed by atoms with van der Waals surface area (Å²) in [6.45, 7) is 8.56. The molecule has 0 aliphatic carbocycles. The molecular formula is C8H16S. The predicted octanol–water partition coefficient (Wildman–Crippen LogP) is 2.91. The third-order valence-corrected chi connectivity index (χ3v) is 1.93. The van der Waals surface area contributed by atoms with Gasteiger partial charge in [0, 0.05) is 5.25 Å². The van der Waals surface area contributed by atoms with E-state index in [0.717, 1.165) is 0 Å². The molecule has 0 radical (unpaired) electrons. The van der Waals surface area contributed by atoms with Gasteiger partial charge in [0.05, 0.1) is 0 Å². The van der Waals surface area contributed by atoms with Gasteiger partial charge in [-0.2, -0.15) is 12.6 Å². The molecule has 0 N–H and O–H groups in total. The van der Waals surface area contributed by atoms with Crippen LogP contribution in [-0.4, -0.2) is 5.25 Å². The average molecular weight is 144 g/mol. The van der Waals surface area contributed by atoms with E-state index in [-0.39, 0.29) is 0 Å². The zero-order valence-electron chi connectivity index (χ0n) is 6.68. The Balaban J connectivity index is 3.76. The standard InChI is InChI=1S/C8H16S/c1-6(2)5-8(9)7(3)4/h5,7-9H,1-4H3. The lowest BCUT2D eigenvalue weighted by Crippen LogP contribution is -2.03. The van der Waals surface area contributed by atoms with E-state index in [0.29, 0.717) is 11.2 Å². The van der Waals surface area contributed by atoms with Crippen molar-refractivity contribution < 1.29 is 0 Å². The molecule has 0 aromatic rings. The summed E-state index contributed by atoms with van der Waals surface area (Å²) in [4.78, 5) is 0. The van der Waals surface area contributed by atoms with Crippen molar-refractivity contribution in [3.8, 4) is 0 Å². The average Bonchev–Trinajstić information content (AvgIpc) is 1.63. The molecule has 1 unspecified atom stereocenters. The second-order valence-corrected chi connectivity index (χ2v) is 3.57. The van der Waals surface area contributed by atoms with Crippen molar-refractivity contribution in [3.05, 3.63) is 11.6 Å². The van der Waals surface area contributed by atoms with Gasteiger partial charge in [0.25, 0.3) is 0 Å². The van der Waals surface area contributed by atoms with Crippen LogP contribution in [0.5, 0.6) is 0 Å². The number of thiol groups is 1. The smallest absolute Gasteiger partial charge is 0.0222 e. The lowest BCUT2D eigenvalue weighted by atomic mass is 10.1. The fraction of sp³-hybridized carbons (Fsp3) is 0.750. The second kappa shape index (κ2) is 3.99. The van der Waals surface area contributed by atoms with Crippen molar-refractivity contribution in [2.24, 2.45) is 5.92 Å². The van der Waals surface area contributed by atoms with Gasteiger partial charge in [0.2, 0.25) is 0 Å². The molecular weight excluding hydrogens is 128 g/mol. The lowest BCUT2D eigenvalue weighted by molar-refractivity contribution is 0.679. The van der Waals surface area contributed by atoms with Gasteiger partial charge in [0.1, 0.15) is 0 Å². The minimum absolute atomic E-state index is 0.426. The minimum atomic E-state index is 0.426. The Morgan fingerprint density at radius 3 is 1.89 bits per heavy atom. The van der Waals surface area contributed by atoms with Gasteiger partial charge in [-0.1, -0.05) is 25.5 Å². The highest BCUT2D eigenvalue weighted by Gasteiger charge is 2.02. The van der Waals surface area contributed by atoms with Crippen molar-refractivity contribution in [1.29, 1.82) is 0 Å². The highest BCUT2D eigenvalue weighted by molar-refractivity contribution is 7.81. The summed E-state index contributed by atoms with van der Waals surface area (Å²) in [5.74, 6) is 0.642. The molecule has 0 spiro atoms. The summed E-state index contributed by atoms with van der Waals surface area (Å²) in [5.41, 5.74) is 1.35. The van der Waals surface area contributed by atoms with Crippen LogP contribution in [-0.2, 0) is 0 Å². The fourth-order valence-electron chi connectivity index (χ4n) is 0.534. The molecule has 0 saturated heterocycles. The Hall–Kier alpha value is 0.0900. The summed E-state index contributed by atoms with van der Waals surface area (Å²) in [6, 6.07) is 0. The molecule has 0 aromatic carbocycles. The first-order valence-corrected chi connectivity index (χ1v) is 3.88. The van der Waals surface area contributed by atoms with Gasteiger partial charge in [-0.3, -0.25) is 0 Å². The van der Waals surface area contributed by atoms with Gasteiger partial charge in [-0.25, -0.2) is 0 Å². The molecule has 0 bridgehead atoms. The van der Waals surface area contributed by atoms with Crippen LogP contribution in [0.25, 0.3) is 0 Å². The summed E-state index contributed by atoms with van der Waals surface area (Å²) in [7, 11) is 0. The molecule has 0 aliphatic heterocycles. The monoisotopic (exact) mass is 144 g/mol. The molecule has 0 heterocycles. The molecule has 54 valence electrons. The summed E-state index contributed by atoms with van der Waals surface area (Å²) in [6.07, 6.45) is 2.19. The molecule has 0 amide bonds. The first-order valence-electron chi connectivity index (χ1n) is 3.37. The normalized spacial score (nSPS) is 13.6. The van der Waals surface area contributed by atoms with Crippen molar-refractivity contribution in [2.45, 2.75) is 32.9 Å². The van der Waals surface area contributed by atoms with Crippen LogP contribution in [0.1, 0.15) is 27.7 Å². The first-order chi connectivity index (χ1) is 4.04. The van der Waals surface area contributed by atoms with E-state index in [1.165, 1.54) is 5.57 Å². The highest BCUT2D eigenvalue weighted by atomic mass is 32.1. The lowest BCUT2D eigenvalue weighted by Gasteiger charge is -2.09. The van der Waals surface area contributed by atoms with Crippen LogP contribution >= 0.6 is 12.6 Å². The van der Waals surface area contributed by atoms with Crippen molar-refractivity contribution in [1.82, 2.24) is 0 Å². The van der Waals surface area contributed by atoms with Crippen LogP contribution < -0.4 is 0 Å². The molecule has 0 aromatic heterocycles. The van der Waals surface area contributed by atoms with Crippen molar-refractivity contribution in [2.75, 3.05) is 0 Å². The van der Waals surface area contributed by atoms with Crippen molar-refractivity contribution >= 4 is 12.6 Å². The molecule has 1 atom stereocenters. The van der Waals surface area contributed by atoms with Crippen LogP contribution in [0.3, 0.4) is 0 Å². The number of hydrogen-bond acceptors (Lipinski definition) is 1. The van der Waals surface area contributed by atoms with E-state index in [9.17, 15) is 0 Å². The van der Waals surface area contributed by atoms with E-state index in [1.807, 2.05) is 0 Å². The zero-order chi connectivity index (χ0) is 7.44. The topological polar surface area (TPSA) is 0 Å². The maximum absolute atomic E-state index is 4.39. The van der Waals surface area contributed by atoms with Crippen LogP contribution in [0.4, 0.5) is 0 Å². The third-order valence-electron chi connectivity index (χ3n) is 1.19. The Morgan fingerprint density at radius 1 is 1.33 bits per heavy atom. The maximum atomic E-state index is 4.39. The van der Waals surface area contributed by atoms with E-state index in [2.05, 4.69) is 46.4 Å². The van der Waals surface area contributed by atoms with E-state index in [1.54, 1.807) is 0 Å². The van der Waals surface area contributed by atoms with Crippen LogP contribution in [0.2, 0.25) is 0 Å². The number of allylic oxidation sites excluding steroid dienone is 1. The van der Waals surface area contributed by atoms with Gasteiger partial charge in [-0.15, -0.1) is 0 Å². The SMILES string of the molecule is CC(C)=CC(S)C(C)C. The van der Waals surface area contributed by atoms with Crippen LogP contribution in [0, 0.1) is 5.92 Å². The Labute approximate surface area is 63.8 Å². The molecule has 9 heavy (non-hydrogen) atoms. The Kier molecular flexibility index (Phi) is 4.03. The van der Waals surface area contributed by atoms with Gasteiger partial charge >= 0.3 is 0 Å². The summed E-state index contributed by atoms with van der Waals surface area (Å²) in [5, 5.41) is 0.426. The number of hydrogen-bond donors (Lipinski definition) is 1. The largest absolute Gasteiger partial charge is 0.171 e. The Morgan fingerprint density at radius 2 is 1.78 bits per heavy atom. The molecule has 0 aliphatic rings. The molecule has 0 fully saturated rings. The fourth-order valence-corrected chi connectivity index (χ4v) is 0.832. The minimum Gasteiger partial charge on any atom is -0.171 e. The molecule has 1 heteroatoms. The Bertz CT molecular complexity index is 99.1. The quantitative estimate of drug-likeness (QED) is 0.447. The molecule has 0 rings (SSSR count). The first kappa shape index (κ1) is 9.09. The highest BCUT2D eigenvalue weighted by Crippen LogP contribution is 2.11. The van der Waals surface area contributed by atoms with Gasteiger partial charge in [-0.05, 0) is 19.8 Å². The molecule has 0 nitrogen and oxygen atoms in total. The number of rotatable bonds is 2. The third kappa shape index (κ3) is 4.58.